The van der Waals surface area contributed by atoms with Crippen molar-refractivity contribution in [3.8, 4) is 0 Å². The first-order valence-corrected chi connectivity index (χ1v) is 5.98. The molecule has 2 nitrogen and oxygen atoms in total. The Morgan fingerprint density at radius 1 is 1.00 bits per heavy atom. The van der Waals surface area contributed by atoms with Crippen LogP contribution < -0.4 is 0 Å². The van der Waals surface area contributed by atoms with Crippen LogP contribution in [0.15, 0.2) is 0 Å². The zero-order chi connectivity index (χ0) is 9.97. The molecule has 0 aliphatic heterocycles. The monoisotopic (exact) mass is 196 g/mol. The Morgan fingerprint density at radius 3 is 2.00 bits per heavy atom. The molecule has 0 spiro atoms. The summed E-state index contributed by atoms with van der Waals surface area (Å²) < 4.78 is 0. The lowest BCUT2D eigenvalue weighted by Gasteiger charge is -2.33. The van der Waals surface area contributed by atoms with Crippen LogP contribution in [-0.4, -0.2) is 11.1 Å². The van der Waals surface area contributed by atoms with Crippen LogP contribution >= 0.6 is 0 Å². The zero-order valence-electron chi connectivity index (χ0n) is 8.74. The lowest BCUT2D eigenvalue weighted by molar-refractivity contribution is -0.143. The molecule has 0 atom stereocenters. The lowest BCUT2D eigenvalue weighted by Crippen LogP contribution is -2.24. The second-order valence-electron chi connectivity index (χ2n) is 5.09. The van der Waals surface area contributed by atoms with Crippen LogP contribution in [0, 0.1) is 17.8 Å². The Morgan fingerprint density at radius 2 is 1.57 bits per heavy atom. The van der Waals surface area contributed by atoms with Crippen molar-refractivity contribution in [3.63, 3.8) is 0 Å². The summed E-state index contributed by atoms with van der Waals surface area (Å²) in [4.78, 5) is 10.8. The highest BCUT2D eigenvalue weighted by molar-refractivity contribution is 5.69. The van der Waals surface area contributed by atoms with E-state index in [1.807, 2.05) is 0 Å². The van der Waals surface area contributed by atoms with Crippen LogP contribution in [0.2, 0.25) is 0 Å². The molecule has 2 aliphatic rings. The number of aliphatic carboxylic acids is 1. The fourth-order valence-electron chi connectivity index (χ4n) is 2.85. The summed E-state index contributed by atoms with van der Waals surface area (Å²) >= 11 is 0. The van der Waals surface area contributed by atoms with Gasteiger partial charge in [-0.3, -0.25) is 4.79 Å². The van der Waals surface area contributed by atoms with Crippen LogP contribution in [-0.2, 0) is 4.79 Å². The summed E-state index contributed by atoms with van der Waals surface area (Å²) in [6.45, 7) is 0. The summed E-state index contributed by atoms with van der Waals surface area (Å²) in [7, 11) is 0. The highest BCUT2D eigenvalue weighted by Gasteiger charge is 2.28. The second-order valence-corrected chi connectivity index (χ2v) is 5.09. The van der Waals surface area contributed by atoms with E-state index in [1.165, 1.54) is 25.7 Å². The van der Waals surface area contributed by atoms with Gasteiger partial charge in [-0.2, -0.15) is 0 Å². The molecule has 2 saturated carbocycles. The fraction of sp³-hybridized carbons (Fsp3) is 0.917. The number of hydrogen-bond donors (Lipinski definition) is 1. The highest BCUT2D eigenvalue weighted by atomic mass is 16.4. The van der Waals surface area contributed by atoms with Gasteiger partial charge in [0.1, 0.15) is 0 Å². The molecular formula is C12H20O2. The van der Waals surface area contributed by atoms with Crippen molar-refractivity contribution in [2.24, 2.45) is 17.8 Å². The summed E-state index contributed by atoms with van der Waals surface area (Å²) in [6.07, 6.45) is 9.83. The molecule has 0 saturated heterocycles. The van der Waals surface area contributed by atoms with E-state index in [2.05, 4.69) is 0 Å². The average molecular weight is 196 g/mol. The molecule has 0 radical (unpaired) electrons. The highest BCUT2D eigenvalue weighted by Crippen LogP contribution is 2.38. The molecule has 2 fully saturated rings. The van der Waals surface area contributed by atoms with E-state index in [1.54, 1.807) is 0 Å². The van der Waals surface area contributed by atoms with Gasteiger partial charge in [0.15, 0.2) is 0 Å². The third-order valence-electron chi connectivity index (χ3n) is 4.09. The molecule has 0 bridgehead atoms. The van der Waals surface area contributed by atoms with Gasteiger partial charge in [0, 0.05) is 0 Å². The number of carboxylic acid groups (broad SMARTS) is 1. The Labute approximate surface area is 85.7 Å². The molecule has 0 aromatic carbocycles. The Bertz CT molecular complexity index is 200. The molecular weight excluding hydrogens is 176 g/mol. The van der Waals surface area contributed by atoms with Gasteiger partial charge in [-0.25, -0.2) is 0 Å². The summed E-state index contributed by atoms with van der Waals surface area (Å²) in [5.74, 6) is 1.22. The molecule has 1 N–H and O–H groups in total. The van der Waals surface area contributed by atoms with Gasteiger partial charge >= 0.3 is 5.97 Å². The van der Waals surface area contributed by atoms with Crippen molar-refractivity contribution in [1.29, 1.82) is 0 Å². The van der Waals surface area contributed by atoms with Gasteiger partial charge in [-0.05, 0) is 43.9 Å². The minimum Gasteiger partial charge on any atom is -0.481 e. The number of rotatable bonds is 3. The van der Waals surface area contributed by atoms with Gasteiger partial charge in [-0.1, -0.05) is 19.3 Å². The molecule has 2 heteroatoms. The fourth-order valence-corrected chi connectivity index (χ4v) is 2.85. The van der Waals surface area contributed by atoms with Crippen LogP contribution in [0.25, 0.3) is 0 Å². The van der Waals surface area contributed by atoms with Gasteiger partial charge in [0.25, 0.3) is 0 Å². The van der Waals surface area contributed by atoms with Crippen LogP contribution in [0.4, 0.5) is 0 Å². The molecule has 0 unspecified atom stereocenters. The van der Waals surface area contributed by atoms with Gasteiger partial charge in [-0.15, -0.1) is 0 Å². The first-order chi connectivity index (χ1) is 6.75. The topological polar surface area (TPSA) is 37.3 Å². The van der Waals surface area contributed by atoms with E-state index in [0.717, 1.165) is 37.5 Å². The summed E-state index contributed by atoms with van der Waals surface area (Å²) in [6, 6.07) is 0. The minimum absolute atomic E-state index is 0.0346. The number of hydrogen-bond acceptors (Lipinski definition) is 1. The van der Waals surface area contributed by atoms with Crippen molar-refractivity contribution >= 4 is 5.97 Å². The van der Waals surface area contributed by atoms with Crippen LogP contribution in [0.5, 0.6) is 0 Å². The van der Waals surface area contributed by atoms with Crippen LogP contribution in [0.3, 0.4) is 0 Å². The van der Waals surface area contributed by atoms with Gasteiger partial charge < -0.3 is 5.11 Å². The van der Waals surface area contributed by atoms with E-state index >= 15 is 0 Å². The Kier molecular flexibility index (Phi) is 3.09. The first kappa shape index (κ1) is 10.0. The van der Waals surface area contributed by atoms with Gasteiger partial charge in [0.05, 0.1) is 5.92 Å². The molecule has 14 heavy (non-hydrogen) atoms. The van der Waals surface area contributed by atoms with Crippen molar-refractivity contribution in [3.05, 3.63) is 0 Å². The first-order valence-electron chi connectivity index (χ1n) is 5.98. The zero-order valence-corrected chi connectivity index (χ0v) is 8.74. The average Bonchev–Trinajstić information content (AvgIpc) is 2.12. The normalized spacial score (nSPS) is 33.7. The maximum atomic E-state index is 10.8. The molecule has 80 valence electrons. The number of carboxylic acids is 1. The SMILES string of the molecule is O=C(O)C1CCC(CC2CCC2)CC1. The smallest absolute Gasteiger partial charge is 0.306 e. The molecule has 0 heterocycles. The molecule has 2 rings (SSSR count). The summed E-state index contributed by atoms with van der Waals surface area (Å²) in [5, 5.41) is 8.86. The van der Waals surface area contributed by atoms with Gasteiger partial charge in [0.2, 0.25) is 0 Å². The summed E-state index contributed by atoms with van der Waals surface area (Å²) in [5.41, 5.74) is 0. The van der Waals surface area contributed by atoms with Crippen molar-refractivity contribution in [2.45, 2.75) is 51.4 Å². The number of carbonyl (C=O) groups is 1. The second kappa shape index (κ2) is 4.33. The van der Waals surface area contributed by atoms with Crippen molar-refractivity contribution in [2.75, 3.05) is 0 Å². The molecule has 0 aromatic heterocycles. The Balaban J connectivity index is 1.69. The molecule has 2 aliphatic carbocycles. The predicted octanol–water partition coefficient (Wildman–Crippen LogP) is 3.07. The largest absolute Gasteiger partial charge is 0.481 e. The van der Waals surface area contributed by atoms with Crippen molar-refractivity contribution in [1.82, 2.24) is 0 Å². The maximum Gasteiger partial charge on any atom is 0.306 e. The van der Waals surface area contributed by atoms with E-state index < -0.39 is 5.97 Å². The third-order valence-corrected chi connectivity index (χ3v) is 4.09. The Hall–Kier alpha value is -0.530. The molecule has 0 aromatic rings. The predicted molar refractivity (Wildman–Crippen MR) is 55.0 cm³/mol. The quantitative estimate of drug-likeness (QED) is 0.753. The van der Waals surface area contributed by atoms with E-state index in [-0.39, 0.29) is 5.92 Å². The van der Waals surface area contributed by atoms with Crippen LogP contribution in [0.1, 0.15) is 51.4 Å². The van der Waals surface area contributed by atoms with E-state index in [0.29, 0.717) is 0 Å². The minimum atomic E-state index is -0.577. The van der Waals surface area contributed by atoms with E-state index in [9.17, 15) is 4.79 Å². The molecule has 0 amide bonds. The maximum absolute atomic E-state index is 10.8. The third kappa shape index (κ3) is 2.28. The standard InChI is InChI=1S/C12H20O2/c13-12(14)11-6-4-10(5-7-11)8-9-2-1-3-9/h9-11H,1-8H2,(H,13,14). The van der Waals surface area contributed by atoms with E-state index in [4.69, 9.17) is 5.11 Å². The lowest BCUT2D eigenvalue weighted by atomic mass is 9.73. The van der Waals surface area contributed by atoms with Crippen molar-refractivity contribution < 1.29 is 9.90 Å².